The molecule has 2 aliphatic rings. The second kappa shape index (κ2) is 10.8. The first-order valence-corrected chi connectivity index (χ1v) is 11.8. The lowest BCUT2D eigenvalue weighted by atomic mass is 9.85. The number of unbranched alkanes of at least 4 members (excludes halogenated alkanes) is 2. The predicted molar refractivity (Wildman–Crippen MR) is 120 cm³/mol. The van der Waals surface area contributed by atoms with Gasteiger partial charge in [-0.3, -0.25) is 0 Å². The molecule has 2 aromatic rings. The molecule has 0 aromatic heterocycles. The van der Waals surface area contributed by atoms with E-state index in [1.807, 2.05) is 0 Å². The first kappa shape index (κ1) is 24.0. The molecule has 6 heteroatoms. The Labute approximate surface area is 192 Å². The Balaban J connectivity index is 1.38. The third-order valence-corrected chi connectivity index (χ3v) is 6.71. The lowest BCUT2D eigenvalue weighted by Crippen LogP contribution is -2.37. The van der Waals surface area contributed by atoms with Crippen LogP contribution in [-0.2, 0) is 9.47 Å². The van der Waals surface area contributed by atoms with Gasteiger partial charge in [-0.1, -0.05) is 44.4 Å². The summed E-state index contributed by atoms with van der Waals surface area (Å²) in [7, 11) is 0. The van der Waals surface area contributed by atoms with Gasteiger partial charge in [0, 0.05) is 23.0 Å². The maximum absolute atomic E-state index is 14.8. The zero-order chi connectivity index (χ0) is 23.4. The van der Waals surface area contributed by atoms with Gasteiger partial charge in [0.1, 0.15) is 5.82 Å². The molecule has 178 valence electrons. The highest BCUT2D eigenvalue weighted by atomic mass is 19.2. The van der Waals surface area contributed by atoms with E-state index in [9.17, 15) is 17.6 Å². The minimum atomic E-state index is -1.60. The Hall–Kier alpha value is -2.18. The number of halogens is 4. The van der Waals surface area contributed by atoms with Crippen molar-refractivity contribution in [2.75, 3.05) is 13.2 Å². The van der Waals surface area contributed by atoms with Crippen LogP contribution in [0.2, 0.25) is 0 Å². The highest BCUT2D eigenvalue weighted by Gasteiger charge is 2.30. The number of hydrogen-bond donors (Lipinski definition) is 0. The molecule has 0 amide bonds. The summed E-state index contributed by atoms with van der Waals surface area (Å²) < 4.78 is 67.6. The van der Waals surface area contributed by atoms with Crippen molar-refractivity contribution in [3.05, 3.63) is 65.2 Å². The van der Waals surface area contributed by atoms with Crippen molar-refractivity contribution < 1.29 is 27.0 Å². The predicted octanol–water partition coefficient (Wildman–Crippen LogP) is 7.66. The fourth-order valence-electron chi connectivity index (χ4n) is 4.71. The SMILES string of the molecule is CCCCCC1COC(C2CC=C(c3ccc(-c4ccc(F)c(F)c4F)c(F)c3)CC2)OC1. The molecule has 1 aliphatic carbocycles. The van der Waals surface area contributed by atoms with Crippen molar-refractivity contribution in [2.24, 2.45) is 11.8 Å². The van der Waals surface area contributed by atoms with Crippen LogP contribution in [0.3, 0.4) is 0 Å². The van der Waals surface area contributed by atoms with Crippen molar-refractivity contribution in [2.45, 2.75) is 58.2 Å². The van der Waals surface area contributed by atoms with E-state index in [2.05, 4.69) is 13.0 Å². The van der Waals surface area contributed by atoms with Crippen LogP contribution in [-0.4, -0.2) is 19.5 Å². The van der Waals surface area contributed by atoms with Crippen molar-refractivity contribution in [3.8, 4) is 11.1 Å². The minimum absolute atomic E-state index is 0.0954. The Kier molecular flexibility index (Phi) is 7.86. The zero-order valence-electron chi connectivity index (χ0n) is 18.9. The van der Waals surface area contributed by atoms with E-state index >= 15 is 0 Å². The quantitative estimate of drug-likeness (QED) is 0.239. The highest BCUT2D eigenvalue weighted by molar-refractivity contribution is 5.71. The van der Waals surface area contributed by atoms with Gasteiger partial charge in [0.15, 0.2) is 23.7 Å². The van der Waals surface area contributed by atoms with Gasteiger partial charge in [0.2, 0.25) is 0 Å². The van der Waals surface area contributed by atoms with Gasteiger partial charge < -0.3 is 9.47 Å². The topological polar surface area (TPSA) is 18.5 Å². The van der Waals surface area contributed by atoms with Gasteiger partial charge in [-0.15, -0.1) is 0 Å². The van der Waals surface area contributed by atoms with Crippen molar-refractivity contribution in [1.29, 1.82) is 0 Å². The summed E-state index contributed by atoms with van der Waals surface area (Å²) in [5.74, 6) is -4.21. The van der Waals surface area contributed by atoms with E-state index in [0.29, 0.717) is 11.5 Å². The third-order valence-electron chi connectivity index (χ3n) is 6.71. The second-order valence-corrected chi connectivity index (χ2v) is 9.08. The molecule has 0 spiro atoms. The smallest absolute Gasteiger partial charge is 0.195 e. The van der Waals surface area contributed by atoms with E-state index in [0.717, 1.165) is 56.6 Å². The van der Waals surface area contributed by atoms with Crippen LogP contribution >= 0.6 is 0 Å². The van der Waals surface area contributed by atoms with Gasteiger partial charge >= 0.3 is 0 Å². The monoisotopic (exact) mass is 462 g/mol. The Bertz CT molecular complexity index is 996. The summed E-state index contributed by atoms with van der Waals surface area (Å²) in [4.78, 5) is 0. The molecule has 0 bridgehead atoms. The summed E-state index contributed by atoms with van der Waals surface area (Å²) in [6.07, 6.45) is 9.11. The Morgan fingerprint density at radius 3 is 2.30 bits per heavy atom. The number of ether oxygens (including phenoxy) is 2. The number of rotatable bonds is 7. The molecule has 1 heterocycles. The lowest BCUT2D eigenvalue weighted by Gasteiger charge is -2.35. The summed E-state index contributed by atoms with van der Waals surface area (Å²) in [5, 5.41) is 0. The molecular formula is C27H30F4O2. The lowest BCUT2D eigenvalue weighted by molar-refractivity contribution is -0.225. The van der Waals surface area contributed by atoms with E-state index < -0.39 is 23.3 Å². The molecule has 1 atom stereocenters. The summed E-state index contributed by atoms with van der Waals surface area (Å²) in [6.45, 7) is 3.69. The maximum Gasteiger partial charge on any atom is 0.195 e. The van der Waals surface area contributed by atoms with Gasteiger partial charge in [-0.05, 0) is 55.0 Å². The molecule has 0 N–H and O–H groups in total. The van der Waals surface area contributed by atoms with Crippen LogP contribution in [0.4, 0.5) is 17.6 Å². The number of allylic oxidation sites excluding steroid dienone is 2. The molecule has 0 saturated carbocycles. The largest absolute Gasteiger partial charge is 0.352 e. The van der Waals surface area contributed by atoms with Crippen LogP contribution in [0, 0.1) is 35.1 Å². The molecule has 1 saturated heterocycles. The zero-order valence-corrected chi connectivity index (χ0v) is 18.9. The molecule has 33 heavy (non-hydrogen) atoms. The number of hydrogen-bond acceptors (Lipinski definition) is 2. The van der Waals surface area contributed by atoms with Crippen molar-refractivity contribution in [1.82, 2.24) is 0 Å². The normalized spacial score (nSPS) is 23.4. The molecule has 4 rings (SSSR count). The summed E-state index contributed by atoms with van der Waals surface area (Å²) in [5.41, 5.74) is 1.33. The standard InChI is InChI=1S/C27H30F4O2/c1-2-3-4-5-17-15-32-27(33-16-17)19-8-6-18(7-9-19)20-10-11-21(24(29)14-20)22-12-13-23(28)26(31)25(22)30/h6,10-14,17,19,27H,2-5,7-9,15-16H2,1H3. The Morgan fingerprint density at radius 1 is 0.879 bits per heavy atom. The molecule has 1 unspecified atom stereocenters. The third kappa shape index (κ3) is 5.49. The van der Waals surface area contributed by atoms with Crippen LogP contribution in [0.15, 0.2) is 36.4 Å². The van der Waals surface area contributed by atoms with E-state index in [4.69, 9.17) is 9.47 Å². The highest BCUT2D eigenvalue weighted by Crippen LogP contribution is 2.36. The average Bonchev–Trinajstić information content (AvgIpc) is 2.84. The van der Waals surface area contributed by atoms with Gasteiger partial charge in [-0.2, -0.15) is 0 Å². The fraction of sp³-hybridized carbons (Fsp3) is 0.481. The second-order valence-electron chi connectivity index (χ2n) is 9.08. The Morgan fingerprint density at radius 2 is 1.64 bits per heavy atom. The molecular weight excluding hydrogens is 432 g/mol. The summed E-state index contributed by atoms with van der Waals surface area (Å²) in [6, 6.07) is 6.29. The first-order valence-electron chi connectivity index (χ1n) is 11.8. The van der Waals surface area contributed by atoms with Crippen LogP contribution in [0.5, 0.6) is 0 Å². The number of benzene rings is 2. The maximum atomic E-state index is 14.8. The molecule has 2 aromatic carbocycles. The van der Waals surface area contributed by atoms with Crippen LogP contribution in [0.1, 0.15) is 57.4 Å². The molecule has 1 aliphatic heterocycles. The molecule has 0 radical (unpaired) electrons. The van der Waals surface area contributed by atoms with E-state index in [-0.39, 0.29) is 23.3 Å². The summed E-state index contributed by atoms with van der Waals surface area (Å²) >= 11 is 0. The first-order chi connectivity index (χ1) is 16.0. The van der Waals surface area contributed by atoms with Crippen molar-refractivity contribution in [3.63, 3.8) is 0 Å². The average molecular weight is 463 g/mol. The van der Waals surface area contributed by atoms with Gasteiger partial charge in [-0.25, -0.2) is 17.6 Å². The molecule has 1 fully saturated rings. The van der Waals surface area contributed by atoms with Crippen LogP contribution < -0.4 is 0 Å². The van der Waals surface area contributed by atoms with E-state index in [1.54, 1.807) is 6.07 Å². The fourth-order valence-corrected chi connectivity index (χ4v) is 4.71. The van der Waals surface area contributed by atoms with Crippen molar-refractivity contribution >= 4 is 5.57 Å². The van der Waals surface area contributed by atoms with Gasteiger partial charge in [0.05, 0.1) is 13.2 Å². The van der Waals surface area contributed by atoms with E-state index in [1.165, 1.54) is 31.4 Å². The minimum Gasteiger partial charge on any atom is -0.352 e. The molecule has 2 nitrogen and oxygen atoms in total. The van der Waals surface area contributed by atoms with Gasteiger partial charge in [0.25, 0.3) is 0 Å². The van der Waals surface area contributed by atoms with Crippen LogP contribution in [0.25, 0.3) is 16.7 Å².